The summed E-state index contributed by atoms with van der Waals surface area (Å²) < 4.78 is 13.7. The number of benzene rings is 3. The van der Waals surface area contributed by atoms with Gasteiger partial charge in [0.2, 0.25) is 0 Å². The zero-order chi connectivity index (χ0) is 20.5. The smallest absolute Gasteiger partial charge is 0.251 e. The maximum atomic E-state index is 12.7. The number of carbonyl (C=O) groups is 1. The minimum Gasteiger partial charge on any atom is -0.486 e. The van der Waals surface area contributed by atoms with Crippen molar-refractivity contribution in [2.75, 3.05) is 13.2 Å². The molecule has 5 rings (SSSR count). The van der Waals surface area contributed by atoms with Crippen molar-refractivity contribution in [3.05, 3.63) is 84.2 Å². The van der Waals surface area contributed by atoms with Crippen LogP contribution in [0.2, 0.25) is 0 Å². The van der Waals surface area contributed by atoms with E-state index in [0.717, 1.165) is 28.3 Å². The van der Waals surface area contributed by atoms with Crippen LogP contribution in [0.5, 0.6) is 11.5 Å². The molecule has 0 radical (unpaired) electrons. The van der Waals surface area contributed by atoms with Gasteiger partial charge in [-0.2, -0.15) is 0 Å². The first-order valence-corrected chi connectivity index (χ1v) is 9.90. The van der Waals surface area contributed by atoms with Gasteiger partial charge in [-0.1, -0.05) is 30.3 Å². The average molecular weight is 399 g/mol. The van der Waals surface area contributed by atoms with Crippen LogP contribution in [0.1, 0.15) is 16.2 Å². The van der Waals surface area contributed by atoms with Gasteiger partial charge < -0.3 is 14.8 Å². The number of nitrogens with zero attached hydrogens (tertiary/aromatic N) is 2. The predicted octanol–water partition coefficient (Wildman–Crippen LogP) is 3.90. The van der Waals surface area contributed by atoms with Crippen molar-refractivity contribution in [1.82, 2.24) is 14.9 Å². The highest BCUT2D eigenvalue weighted by Gasteiger charge is 2.21. The van der Waals surface area contributed by atoms with Gasteiger partial charge in [0.1, 0.15) is 18.5 Å². The number of imidazole rings is 1. The van der Waals surface area contributed by atoms with Gasteiger partial charge in [0.05, 0.1) is 17.6 Å². The molecule has 4 aromatic rings. The molecule has 30 heavy (non-hydrogen) atoms. The Bertz CT molecular complexity index is 1220. The van der Waals surface area contributed by atoms with E-state index in [0.29, 0.717) is 24.5 Å². The number of nitrogens with one attached hydrogen (secondary N) is 1. The highest BCUT2D eigenvalue weighted by molar-refractivity contribution is 5.97. The molecule has 1 atom stereocenters. The van der Waals surface area contributed by atoms with Crippen LogP contribution < -0.4 is 14.8 Å². The van der Waals surface area contributed by atoms with E-state index in [4.69, 9.17) is 9.47 Å². The average Bonchev–Trinajstić information content (AvgIpc) is 3.12. The third-order valence-corrected chi connectivity index (χ3v) is 5.16. The van der Waals surface area contributed by atoms with Crippen LogP contribution in [-0.2, 0) is 0 Å². The third-order valence-electron chi connectivity index (χ3n) is 5.16. The van der Waals surface area contributed by atoms with Crippen LogP contribution in [-0.4, -0.2) is 34.7 Å². The van der Waals surface area contributed by atoms with Gasteiger partial charge in [0.15, 0.2) is 11.5 Å². The molecule has 1 N–H and O–H groups in total. The van der Waals surface area contributed by atoms with Crippen LogP contribution in [0.25, 0.3) is 16.7 Å². The van der Waals surface area contributed by atoms with Crippen LogP contribution >= 0.6 is 0 Å². The molecule has 150 valence electrons. The van der Waals surface area contributed by atoms with Gasteiger partial charge in [-0.15, -0.1) is 0 Å². The van der Waals surface area contributed by atoms with E-state index < -0.39 is 0 Å². The number of aryl methyl sites for hydroxylation is 1. The monoisotopic (exact) mass is 399 g/mol. The predicted molar refractivity (Wildman–Crippen MR) is 114 cm³/mol. The summed E-state index contributed by atoms with van der Waals surface area (Å²) in [5.41, 5.74) is 3.37. The van der Waals surface area contributed by atoms with Gasteiger partial charge in [-0.3, -0.25) is 9.36 Å². The lowest BCUT2D eigenvalue weighted by atomic mass is 10.1. The van der Waals surface area contributed by atoms with Crippen LogP contribution in [0.3, 0.4) is 0 Å². The summed E-state index contributed by atoms with van der Waals surface area (Å²) in [4.78, 5) is 17.3. The number of para-hydroxylation sites is 3. The molecule has 3 aromatic carbocycles. The molecule has 6 heteroatoms. The summed E-state index contributed by atoms with van der Waals surface area (Å²) in [6, 6.07) is 23.2. The Morgan fingerprint density at radius 3 is 2.67 bits per heavy atom. The quantitative estimate of drug-likeness (QED) is 0.565. The lowest BCUT2D eigenvalue weighted by Gasteiger charge is -2.26. The van der Waals surface area contributed by atoms with E-state index in [1.54, 1.807) is 0 Å². The minimum absolute atomic E-state index is 0.161. The van der Waals surface area contributed by atoms with Gasteiger partial charge in [0.25, 0.3) is 5.91 Å². The molecular weight excluding hydrogens is 378 g/mol. The second-order valence-corrected chi connectivity index (χ2v) is 7.24. The van der Waals surface area contributed by atoms with E-state index in [2.05, 4.69) is 14.9 Å². The third kappa shape index (κ3) is 3.37. The highest BCUT2D eigenvalue weighted by atomic mass is 16.6. The fourth-order valence-corrected chi connectivity index (χ4v) is 3.72. The van der Waals surface area contributed by atoms with E-state index in [-0.39, 0.29) is 12.0 Å². The van der Waals surface area contributed by atoms with Crippen molar-refractivity contribution >= 4 is 16.9 Å². The first-order chi connectivity index (χ1) is 14.7. The number of hydrogen-bond acceptors (Lipinski definition) is 4. The highest BCUT2D eigenvalue weighted by Crippen LogP contribution is 2.30. The van der Waals surface area contributed by atoms with Gasteiger partial charge in [0, 0.05) is 11.3 Å². The lowest BCUT2D eigenvalue weighted by Crippen LogP contribution is -2.40. The normalized spacial score (nSPS) is 15.2. The molecule has 1 aromatic heterocycles. The summed E-state index contributed by atoms with van der Waals surface area (Å²) >= 11 is 0. The zero-order valence-corrected chi connectivity index (χ0v) is 16.5. The van der Waals surface area contributed by atoms with Crippen molar-refractivity contribution in [3.8, 4) is 17.2 Å². The summed E-state index contributed by atoms with van der Waals surface area (Å²) in [5.74, 6) is 2.15. The number of aromatic nitrogens is 2. The Morgan fingerprint density at radius 1 is 1.07 bits per heavy atom. The van der Waals surface area contributed by atoms with Crippen molar-refractivity contribution < 1.29 is 14.3 Å². The molecule has 2 heterocycles. The molecule has 0 saturated heterocycles. The fourth-order valence-electron chi connectivity index (χ4n) is 3.72. The van der Waals surface area contributed by atoms with Crippen molar-refractivity contribution in [2.24, 2.45) is 0 Å². The van der Waals surface area contributed by atoms with Crippen LogP contribution in [0.4, 0.5) is 0 Å². The second kappa shape index (κ2) is 7.55. The van der Waals surface area contributed by atoms with Crippen LogP contribution in [0.15, 0.2) is 72.8 Å². The standard InChI is InChI=1S/C24H21N3O3/c1-16-26-20-13-17(11-12-21(20)27(16)18-7-3-2-4-8-18)24(28)25-14-19-15-29-22-9-5-6-10-23(22)30-19/h2-13,19H,14-15H2,1H3,(H,25,28)/t19-/m1/s1. The molecule has 0 fully saturated rings. The van der Waals surface area contributed by atoms with Gasteiger partial charge in [-0.05, 0) is 49.4 Å². The SMILES string of the molecule is Cc1nc2cc(C(=O)NC[C@@H]3COc4ccccc4O3)ccc2n1-c1ccccc1. The number of fused-ring (bicyclic) bond motifs is 2. The van der Waals surface area contributed by atoms with E-state index in [1.807, 2.05) is 79.7 Å². The Balaban J connectivity index is 1.31. The van der Waals surface area contributed by atoms with Gasteiger partial charge in [-0.25, -0.2) is 4.98 Å². The molecule has 0 aliphatic carbocycles. The Kier molecular flexibility index (Phi) is 4.59. The molecule has 1 aliphatic rings. The Hall–Kier alpha value is -3.80. The largest absolute Gasteiger partial charge is 0.486 e. The number of rotatable bonds is 4. The fraction of sp³-hybridized carbons (Fsp3) is 0.167. The molecule has 1 aliphatic heterocycles. The maximum Gasteiger partial charge on any atom is 0.251 e. The Morgan fingerprint density at radius 2 is 1.83 bits per heavy atom. The second-order valence-electron chi connectivity index (χ2n) is 7.24. The number of amides is 1. The van der Waals surface area contributed by atoms with Crippen molar-refractivity contribution in [3.63, 3.8) is 0 Å². The number of hydrogen-bond donors (Lipinski definition) is 1. The van der Waals surface area contributed by atoms with E-state index in [1.165, 1.54) is 0 Å². The van der Waals surface area contributed by atoms with E-state index in [9.17, 15) is 4.79 Å². The molecule has 0 saturated carbocycles. The minimum atomic E-state index is -0.230. The molecule has 6 nitrogen and oxygen atoms in total. The maximum absolute atomic E-state index is 12.7. The molecule has 0 spiro atoms. The molecule has 1 amide bonds. The van der Waals surface area contributed by atoms with E-state index >= 15 is 0 Å². The first kappa shape index (κ1) is 18.2. The summed E-state index contributed by atoms with van der Waals surface area (Å²) in [6.45, 7) is 2.73. The molecule has 0 bridgehead atoms. The van der Waals surface area contributed by atoms with Crippen molar-refractivity contribution in [1.29, 1.82) is 0 Å². The van der Waals surface area contributed by atoms with Crippen LogP contribution in [0, 0.1) is 6.92 Å². The summed E-state index contributed by atoms with van der Waals surface area (Å²) in [6.07, 6.45) is -0.230. The zero-order valence-electron chi connectivity index (χ0n) is 16.5. The molecular formula is C24H21N3O3. The lowest BCUT2D eigenvalue weighted by molar-refractivity contribution is 0.0789. The summed E-state index contributed by atoms with van der Waals surface area (Å²) in [7, 11) is 0. The molecule has 0 unspecified atom stereocenters. The first-order valence-electron chi connectivity index (χ1n) is 9.90. The topological polar surface area (TPSA) is 65.4 Å². The summed E-state index contributed by atoms with van der Waals surface area (Å²) in [5, 5.41) is 2.94. The van der Waals surface area contributed by atoms with Crippen molar-refractivity contribution in [2.45, 2.75) is 13.0 Å². The number of ether oxygens (including phenoxy) is 2. The number of carbonyl (C=O) groups excluding carboxylic acids is 1. The van der Waals surface area contributed by atoms with Gasteiger partial charge >= 0.3 is 0 Å². The Labute approximate surface area is 174 Å².